The van der Waals surface area contributed by atoms with Gasteiger partial charge in [0, 0.05) is 24.0 Å². The Labute approximate surface area is 175 Å². The zero-order valence-corrected chi connectivity index (χ0v) is 15.9. The fourth-order valence-electron chi connectivity index (χ4n) is 2.04. The number of anilines is 1. The number of hydrogen-bond acceptors (Lipinski definition) is 4. The van der Waals surface area contributed by atoms with Crippen LogP contribution in [0.25, 0.3) is 6.08 Å². The van der Waals surface area contributed by atoms with Crippen molar-refractivity contribution in [2.75, 3.05) is 5.32 Å². The Morgan fingerprint density at radius 1 is 0.935 bits per heavy atom. The van der Waals surface area contributed by atoms with Gasteiger partial charge in [-0.2, -0.15) is 13.2 Å². The third-order valence-corrected chi connectivity index (χ3v) is 3.44. The molecular weight excluding hydrogens is 413 g/mol. The van der Waals surface area contributed by atoms with Crippen LogP contribution < -0.4 is 10.1 Å². The number of carbonyl (C=O) groups excluding carboxylic acids is 1. The quantitative estimate of drug-likeness (QED) is 0.546. The third kappa shape index (κ3) is 8.82. The molecule has 1 aromatic heterocycles. The lowest BCUT2D eigenvalue weighted by Gasteiger charge is -2.04. The third-order valence-electron chi connectivity index (χ3n) is 3.44. The molecule has 0 fully saturated rings. The van der Waals surface area contributed by atoms with E-state index in [0.717, 1.165) is 17.0 Å². The number of nitrogens with one attached hydrogen (secondary N) is 1. The summed E-state index contributed by atoms with van der Waals surface area (Å²) in [5.74, 6) is -1.71. The van der Waals surface area contributed by atoms with E-state index in [-0.39, 0.29) is 5.91 Å². The molecule has 0 unspecified atom stereocenters. The lowest BCUT2D eigenvalue weighted by atomic mass is 10.2. The minimum atomic E-state index is -5.08. The van der Waals surface area contributed by atoms with Crippen molar-refractivity contribution in [1.29, 1.82) is 0 Å². The SMILES string of the molecule is O=C(/C=C/c1ccc(Oc2ccccc2)nc1)Nc1ccccc1.O=C(O)C(F)(F)F. The van der Waals surface area contributed by atoms with Crippen molar-refractivity contribution in [2.45, 2.75) is 6.18 Å². The van der Waals surface area contributed by atoms with E-state index in [0.29, 0.717) is 5.88 Å². The number of aliphatic carboxylic acids is 1. The number of benzene rings is 2. The zero-order valence-electron chi connectivity index (χ0n) is 15.9. The highest BCUT2D eigenvalue weighted by Gasteiger charge is 2.38. The predicted octanol–water partition coefficient (Wildman–Crippen LogP) is 5.16. The smallest absolute Gasteiger partial charge is 0.475 e. The molecule has 0 saturated heterocycles. The van der Waals surface area contributed by atoms with Crippen LogP contribution in [0.4, 0.5) is 18.9 Å². The Bertz CT molecular complexity index is 1010. The van der Waals surface area contributed by atoms with Crippen LogP contribution in [0.5, 0.6) is 11.6 Å². The number of alkyl halides is 3. The Kier molecular flexibility index (Phi) is 8.32. The molecule has 0 aliphatic rings. The van der Waals surface area contributed by atoms with Crippen molar-refractivity contribution < 1.29 is 32.6 Å². The Hall–Kier alpha value is -4.14. The largest absolute Gasteiger partial charge is 0.490 e. The highest BCUT2D eigenvalue weighted by Crippen LogP contribution is 2.18. The van der Waals surface area contributed by atoms with Crippen molar-refractivity contribution in [3.05, 3.63) is 90.6 Å². The summed E-state index contributed by atoms with van der Waals surface area (Å²) >= 11 is 0. The first kappa shape index (κ1) is 23.1. The molecule has 0 radical (unpaired) electrons. The van der Waals surface area contributed by atoms with Gasteiger partial charge in [-0.15, -0.1) is 0 Å². The Morgan fingerprint density at radius 3 is 2.03 bits per heavy atom. The molecule has 0 bridgehead atoms. The number of nitrogens with zero attached hydrogens (tertiary/aromatic N) is 1. The second kappa shape index (κ2) is 11.1. The molecule has 3 aromatic rings. The van der Waals surface area contributed by atoms with Crippen LogP contribution in [-0.2, 0) is 9.59 Å². The summed E-state index contributed by atoms with van der Waals surface area (Å²) in [4.78, 5) is 25.0. The molecule has 2 N–H and O–H groups in total. The molecular formula is C22H17F3N2O4. The fourth-order valence-corrected chi connectivity index (χ4v) is 2.04. The Balaban J connectivity index is 0.000000423. The standard InChI is InChI=1S/C20H16N2O2.C2HF3O2/c23-19(22-17-7-3-1-4-8-17)13-11-16-12-14-20(21-15-16)24-18-9-5-2-6-10-18;3-2(4,5)1(6)7/h1-15H,(H,22,23);(H,6,7)/b13-11+;. The van der Waals surface area contributed by atoms with Crippen molar-refractivity contribution in [3.8, 4) is 11.6 Å². The number of halogens is 3. The summed E-state index contributed by atoms with van der Waals surface area (Å²) in [6.07, 6.45) is -0.246. The number of carboxylic acid groups (broad SMARTS) is 1. The van der Waals surface area contributed by atoms with Gasteiger partial charge < -0.3 is 15.2 Å². The number of para-hydroxylation sites is 2. The molecule has 1 heterocycles. The van der Waals surface area contributed by atoms with Crippen molar-refractivity contribution in [2.24, 2.45) is 0 Å². The van der Waals surface area contributed by atoms with E-state index < -0.39 is 12.1 Å². The molecule has 0 atom stereocenters. The average molecular weight is 430 g/mol. The fraction of sp³-hybridized carbons (Fsp3) is 0.0455. The molecule has 2 aromatic carbocycles. The molecule has 0 spiro atoms. The van der Waals surface area contributed by atoms with Crippen LogP contribution in [0.1, 0.15) is 5.56 Å². The monoisotopic (exact) mass is 430 g/mol. The highest BCUT2D eigenvalue weighted by atomic mass is 19.4. The van der Waals surface area contributed by atoms with Gasteiger partial charge in [-0.1, -0.05) is 36.4 Å². The second-order valence-corrected chi connectivity index (χ2v) is 5.84. The van der Waals surface area contributed by atoms with Gasteiger partial charge in [-0.3, -0.25) is 4.79 Å². The van der Waals surface area contributed by atoms with Crippen LogP contribution in [0.3, 0.4) is 0 Å². The van der Waals surface area contributed by atoms with E-state index in [2.05, 4.69) is 10.3 Å². The molecule has 9 heteroatoms. The minimum Gasteiger partial charge on any atom is -0.475 e. The van der Waals surface area contributed by atoms with Gasteiger partial charge in [-0.05, 0) is 42.0 Å². The van der Waals surface area contributed by atoms with E-state index in [4.69, 9.17) is 14.6 Å². The summed E-state index contributed by atoms with van der Waals surface area (Å²) in [5, 5.41) is 9.91. The topological polar surface area (TPSA) is 88.5 Å². The molecule has 6 nitrogen and oxygen atoms in total. The predicted molar refractivity (Wildman–Crippen MR) is 109 cm³/mol. The van der Waals surface area contributed by atoms with Crippen LogP contribution in [0.2, 0.25) is 0 Å². The molecule has 0 saturated carbocycles. The first-order chi connectivity index (χ1) is 14.7. The van der Waals surface area contributed by atoms with E-state index in [1.807, 2.05) is 66.7 Å². The van der Waals surface area contributed by atoms with Crippen molar-refractivity contribution in [3.63, 3.8) is 0 Å². The highest BCUT2D eigenvalue weighted by molar-refractivity contribution is 6.01. The number of carbonyl (C=O) groups is 2. The maximum absolute atomic E-state index is 11.9. The van der Waals surface area contributed by atoms with Crippen molar-refractivity contribution in [1.82, 2.24) is 4.98 Å². The molecule has 1 amide bonds. The molecule has 0 aliphatic heterocycles. The molecule has 3 rings (SSSR count). The number of ether oxygens (including phenoxy) is 1. The minimum absolute atomic E-state index is 0.189. The van der Waals surface area contributed by atoms with Crippen LogP contribution in [-0.4, -0.2) is 28.1 Å². The second-order valence-electron chi connectivity index (χ2n) is 5.84. The number of carboxylic acids is 1. The van der Waals surface area contributed by atoms with Gasteiger partial charge in [0.05, 0.1) is 0 Å². The van der Waals surface area contributed by atoms with Crippen LogP contribution >= 0.6 is 0 Å². The average Bonchev–Trinajstić information content (AvgIpc) is 2.74. The first-order valence-electron chi connectivity index (χ1n) is 8.77. The first-order valence-corrected chi connectivity index (χ1v) is 8.77. The van der Waals surface area contributed by atoms with Crippen LogP contribution in [0, 0.1) is 0 Å². The van der Waals surface area contributed by atoms with E-state index in [1.165, 1.54) is 6.08 Å². The van der Waals surface area contributed by atoms with E-state index in [9.17, 15) is 18.0 Å². The molecule has 31 heavy (non-hydrogen) atoms. The summed E-state index contributed by atoms with van der Waals surface area (Å²) in [7, 11) is 0. The summed E-state index contributed by atoms with van der Waals surface area (Å²) in [5.41, 5.74) is 1.58. The van der Waals surface area contributed by atoms with Gasteiger partial charge in [0.15, 0.2) is 0 Å². The summed E-state index contributed by atoms with van der Waals surface area (Å²) in [6.45, 7) is 0. The number of hydrogen-bond donors (Lipinski definition) is 2. The van der Waals surface area contributed by atoms with Gasteiger partial charge in [-0.25, -0.2) is 9.78 Å². The maximum Gasteiger partial charge on any atom is 0.490 e. The number of amides is 1. The number of pyridine rings is 1. The lowest BCUT2D eigenvalue weighted by molar-refractivity contribution is -0.192. The van der Waals surface area contributed by atoms with Crippen LogP contribution in [0.15, 0.2) is 85.1 Å². The molecule has 160 valence electrons. The van der Waals surface area contributed by atoms with Gasteiger partial charge in [0.25, 0.3) is 0 Å². The number of rotatable bonds is 5. The van der Waals surface area contributed by atoms with E-state index >= 15 is 0 Å². The molecule has 0 aliphatic carbocycles. The van der Waals surface area contributed by atoms with E-state index in [1.54, 1.807) is 18.3 Å². The Morgan fingerprint density at radius 2 is 1.52 bits per heavy atom. The zero-order chi connectivity index (χ0) is 22.7. The normalized spacial score (nSPS) is 10.7. The maximum atomic E-state index is 11.9. The number of aromatic nitrogens is 1. The summed E-state index contributed by atoms with van der Waals surface area (Å²) < 4.78 is 37.4. The summed E-state index contributed by atoms with van der Waals surface area (Å²) in [6, 6.07) is 22.4. The van der Waals surface area contributed by atoms with Crippen molar-refractivity contribution >= 4 is 23.6 Å². The van der Waals surface area contributed by atoms with Gasteiger partial charge in [0.2, 0.25) is 11.8 Å². The van der Waals surface area contributed by atoms with Gasteiger partial charge in [0.1, 0.15) is 5.75 Å². The van der Waals surface area contributed by atoms with Gasteiger partial charge >= 0.3 is 12.1 Å². The lowest BCUT2D eigenvalue weighted by Crippen LogP contribution is -2.21.